The predicted molar refractivity (Wildman–Crippen MR) is 87.2 cm³/mol. The van der Waals surface area contributed by atoms with Gasteiger partial charge in [-0.05, 0) is 38.5 Å². The van der Waals surface area contributed by atoms with Crippen LogP contribution in [0.15, 0.2) is 0 Å². The van der Waals surface area contributed by atoms with Crippen LogP contribution in [0.2, 0.25) is 0 Å². The van der Waals surface area contributed by atoms with Crippen molar-refractivity contribution in [3.8, 4) is 0 Å². The number of carbonyl (C=O) groups excluding carboxylic acids is 2. The Labute approximate surface area is 134 Å². The third-order valence-electron chi connectivity index (χ3n) is 5.17. The van der Waals surface area contributed by atoms with Gasteiger partial charge < -0.3 is 16.0 Å². The number of hydrogen-bond donors (Lipinski definition) is 2. The monoisotopic (exact) mass is 309 g/mol. The van der Waals surface area contributed by atoms with Crippen molar-refractivity contribution >= 4 is 11.8 Å². The summed E-state index contributed by atoms with van der Waals surface area (Å²) in [7, 11) is 0. The molecule has 1 heterocycles. The highest BCUT2D eigenvalue weighted by Crippen LogP contribution is 2.28. The maximum Gasteiger partial charge on any atom is 0.242 e. The average Bonchev–Trinajstić information content (AvgIpc) is 3.04. The molecule has 0 spiro atoms. The minimum absolute atomic E-state index is 0.00889. The largest absolute Gasteiger partial charge is 0.347 e. The highest BCUT2D eigenvalue weighted by Gasteiger charge is 2.29. The zero-order chi connectivity index (χ0) is 15.9. The lowest BCUT2D eigenvalue weighted by atomic mass is 9.97. The maximum atomic E-state index is 12.3. The van der Waals surface area contributed by atoms with E-state index in [0.717, 1.165) is 32.2 Å². The van der Waals surface area contributed by atoms with E-state index in [1.165, 1.54) is 25.7 Å². The molecular weight excluding hydrogens is 278 g/mol. The number of piperidine rings is 1. The SMILES string of the molecule is CC(N)C1CCCCN1C(=O)CNC(=O)CCC1CCCC1. The van der Waals surface area contributed by atoms with Gasteiger partial charge in [-0.15, -0.1) is 0 Å². The van der Waals surface area contributed by atoms with Crippen molar-refractivity contribution in [3.63, 3.8) is 0 Å². The molecule has 126 valence electrons. The number of carbonyl (C=O) groups is 2. The third-order valence-corrected chi connectivity index (χ3v) is 5.17. The lowest BCUT2D eigenvalue weighted by Crippen LogP contribution is -2.54. The van der Waals surface area contributed by atoms with Gasteiger partial charge in [0.15, 0.2) is 0 Å². The zero-order valence-corrected chi connectivity index (χ0v) is 13.9. The van der Waals surface area contributed by atoms with Crippen molar-refractivity contribution in [2.45, 2.75) is 76.8 Å². The second-order valence-corrected chi connectivity index (χ2v) is 6.98. The first-order valence-corrected chi connectivity index (χ1v) is 8.89. The van der Waals surface area contributed by atoms with Gasteiger partial charge in [-0.25, -0.2) is 0 Å². The lowest BCUT2D eigenvalue weighted by Gasteiger charge is -2.38. The molecule has 0 radical (unpaired) electrons. The molecule has 2 amide bonds. The molecule has 3 N–H and O–H groups in total. The number of rotatable bonds is 6. The highest BCUT2D eigenvalue weighted by molar-refractivity contribution is 5.85. The maximum absolute atomic E-state index is 12.3. The molecule has 0 aromatic rings. The van der Waals surface area contributed by atoms with Gasteiger partial charge >= 0.3 is 0 Å². The number of likely N-dealkylation sites (tertiary alicyclic amines) is 1. The van der Waals surface area contributed by atoms with Crippen LogP contribution in [0.4, 0.5) is 0 Å². The van der Waals surface area contributed by atoms with Crippen LogP contribution in [0.3, 0.4) is 0 Å². The molecule has 1 saturated carbocycles. The lowest BCUT2D eigenvalue weighted by molar-refractivity contribution is -0.136. The average molecular weight is 309 g/mol. The van der Waals surface area contributed by atoms with Gasteiger partial charge in [-0.1, -0.05) is 25.7 Å². The number of amides is 2. The first-order valence-electron chi connectivity index (χ1n) is 8.89. The summed E-state index contributed by atoms with van der Waals surface area (Å²) in [6, 6.07) is 0.110. The van der Waals surface area contributed by atoms with E-state index in [2.05, 4.69) is 5.32 Å². The predicted octanol–water partition coefficient (Wildman–Crippen LogP) is 1.80. The molecule has 22 heavy (non-hydrogen) atoms. The smallest absolute Gasteiger partial charge is 0.242 e. The van der Waals surface area contributed by atoms with Gasteiger partial charge in [-0.3, -0.25) is 9.59 Å². The molecule has 0 bridgehead atoms. The molecule has 0 aromatic heterocycles. The van der Waals surface area contributed by atoms with Crippen molar-refractivity contribution in [1.29, 1.82) is 0 Å². The van der Waals surface area contributed by atoms with E-state index in [0.29, 0.717) is 12.3 Å². The first-order chi connectivity index (χ1) is 10.6. The molecule has 0 aromatic carbocycles. The van der Waals surface area contributed by atoms with Crippen molar-refractivity contribution in [3.05, 3.63) is 0 Å². The summed E-state index contributed by atoms with van der Waals surface area (Å²) in [5.74, 6) is 0.733. The summed E-state index contributed by atoms with van der Waals surface area (Å²) in [5, 5.41) is 2.79. The first kappa shape index (κ1) is 17.3. The standard InChI is InChI=1S/C17H31N3O2/c1-13(18)15-8-4-5-11-20(15)17(22)12-19-16(21)10-9-14-6-2-3-7-14/h13-15H,2-12,18H2,1H3,(H,19,21). The van der Waals surface area contributed by atoms with Crippen molar-refractivity contribution in [2.24, 2.45) is 11.7 Å². The summed E-state index contributed by atoms with van der Waals surface area (Å²) < 4.78 is 0. The Balaban J connectivity index is 1.70. The second kappa shape index (κ2) is 8.51. The molecule has 1 saturated heterocycles. The summed E-state index contributed by atoms with van der Waals surface area (Å²) >= 11 is 0. The Morgan fingerprint density at radius 3 is 2.55 bits per heavy atom. The number of nitrogens with zero attached hydrogens (tertiary/aromatic N) is 1. The molecule has 1 aliphatic carbocycles. The number of hydrogen-bond acceptors (Lipinski definition) is 3. The van der Waals surface area contributed by atoms with E-state index in [-0.39, 0.29) is 30.4 Å². The summed E-state index contributed by atoms with van der Waals surface area (Å²) in [6.07, 6.45) is 9.77. The van der Waals surface area contributed by atoms with Gasteiger partial charge in [-0.2, -0.15) is 0 Å². The van der Waals surface area contributed by atoms with Gasteiger partial charge in [0.1, 0.15) is 0 Å². The molecule has 2 rings (SSSR count). The van der Waals surface area contributed by atoms with E-state index in [4.69, 9.17) is 5.73 Å². The molecule has 2 unspecified atom stereocenters. The summed E-state index contributed by atoms with van der Waals surface area (Å²) in [5.41, 5.74) is 5.99. The molecule has 2 aliphatic rings. The Morgan fingerprint density at radius 1 is 1.18 bits per heavy atom. The van der Waals surface area contributed by atoms with Crippen molar-refractivity contribution in [1.82, 2.24) is 10.2 Å². The van der Waals surface area contributed by atoms with Crippen LogP contribution < -0.4 is 11.1 Å². The van der Waals surface area contributed by atoms with Crippen LogP contribution in [0.5, 0.6) is 0 Å². The topological polar surface area (TPSA) is 75.4 Å². The number of nitrogens with one attached hydrogen (secondary N) is 1. The summed E-state index contributed by atoms with van der Waals surface area (Å²) in [4.78, 5) is 26.1. The van der Waals surface area contributed by atoms with Gasteiger partial charge in [0.25, 0.3) is 0 Å². The quantitative estimate of drug-likeness (QED) is 0.785. The van der Waals surface area contributed by atoms with Gasteiger partial charge in [0.05, 0.1) is 6.54 Å². The molecule has 2 fully saturated rings. The van der Waals surface area contributed by atoms with Crippen LogP contribution in [0.25, 0.3) is 0 Å². The van der Waals surface area contributed by atoms with Crippen LogP contribution in [-0.4, -0.2) is 41.9 Å². The van der Waals surface area contributed by atoms with E-state index in [1.807, 2.05) is 11.8 Å². The van der Waals surface area contributed by atoms with Crippen LogP contribution in [0, 0.1) is 5.92 Å². The van der Waals surface area contributed by atoms with Crippen molar-refractivity contribution in [2.75, 3.05) is 13.1 Å². The normalized spacial score (nSPS) is 24.3. The minimum Gasteiger partial charge on any atom is -0.347 e. The Kier molecular flexibility index (Phi) is 6.68. The van der Waals surface area contributed by atoms with Crippen LogP contribution >= 0.6 is 0 Å². The molecular formula is C17H31N3O2. The Hall–Kier alpha value is -1.10. The number of nitrogens with two attached hydrogens (primary N) is 1. The van der Waals surface area contributed by atoms with E-state index in [1.54, 1.807) is 0 Å². The minimum atomic E-state index is -0.0117. The van der Waals surface area contributed by atoms with E-state index < -0.39 is 0 Å². The molecule has 1 aliphatic heterocycles. The van der Waals surface area contributed by atoms with Crippen molar-refractivity contribution < 1.29 is 9.59 Å². The second-order valence-electron chi connectivity index (χ2n) is 6.98. The Bertz CT molecular complexity index is 378. The van der Waals surface area contributed by atoms with Crippen LogP contribution in [0.1, 0.15) is 64.7 Å². The zero-order valence-electron chi connectivity index (χ0n) is 13.9. The molecule has 2 atom stereocenters. The van der Waals surface area contributed by atoms with Gasteiger partial charge in [0, 0.05) is 25.0 Å². The van der Waals surface area contributed by atoms with E-state index in [9.17, 15) is 9.59 Å². The molecule has 5 nitrogen and oxygen atoms in total. The third kappa shape index (κ3) is 4.97. The highest BCUT2D eigenvalue weighted by atomic mass is 16.2. The van der Waals surface area contributed by atoms with Gasteiger partial charge in [0.2, 0.25) is 11.8 Å². The fourth-order valence-corrected chi connectivity index (χ4v) is 3.81. The Morgan fingerprint density at radius 2 is 1.86 bits per heavy atom. The summed E-state index contributed by atoms with van der Waals surface area (Å²) in [6.45, 7) is 2.84. The van der Waals surface area contributed by atoms with Crippen LogP contribution in [-0.2, 0) is 9.59 Å². The fraction of sp³-hybridized carbons (Fsp3) is 0.882. The molecule has 5 heteroatoms. The fourth-order valence-electron chi connectivity index (χ4n) is 3.81. The van der Waals surface area contributed by atoms with E-state index >= 15 is 0 Å².